The third-order valence-corrected chi connectivity index (χ3v) is 2.78. The molecule has 0 aliphatic rings. The third kappa shape index (κ3) is 1.36. The number of anilines is 1. The van der Waals surface area contributed by atoms with Gasteiger partial charge in [-0.05, 0) is 6.07 Å². The van der Waals surface area contributed by atoms with Crippen LogP contribution < -0.4 is 5.73 Å². The van der Waals surface area contributed by atoms with Crippen LogP contribution in [0.2, 0.25) is 0 Å². The van der Waals surface area contributed by atoms with Crippen LogP contribution in [0.1, 0.15) is 0 Å². The molecule has 0 saturated carbocycles. The van der Waals surface area contributed by atoms with Gasteiger partial charge in [-0.2, -0.15) is 0 Å². The van der Waals surface area contributed by atoms with Crippen molar-refractivity contribution in [3.05, 3.63) is 30.5 Å². The van der Waals surface area contributed by atoms with Gasteiger partial charge in [-0.1, -0.05) is 17.3 Å². The Bertz CT molecular complexity index is 697. The van der Waals surface area contributed by atoms with Crippen molar-refractivity contribution in [2.24, 2.45) is 7.05 Å². The SMILES string of the molecule is Cn1cc(-c2cc(N)on2)c2cccc(O)c21. The van der Waals surface area contributed by atoms with E-state index in [0.717, 1.165) is 16.5 Å². The van der Waals surface area contributed by atoms with E-state index in [9.17, 15) is 5.11 Å². The summed E-state index contributed by atoms with van der Waals surface area (Å²) in [4.78, 5) is 0. The van der Waals surface area contributed by atoms with Crippen LogP contribution in [0.25, 0.3) is 22.2 Å². The maximum atomic E-state index is 9.83. The van der Waals surface area contributed by atoms with Crippen LogP contribution in [0.4, 0.5) is 5.88 Å². The first-order chi connectivity index (χ1) is 8.16. The summed E-state index contributed by atoms with van der Waals surface area (Å²) in [6.07, 6.45) is 1.89. The van der Waals surface area contributed by atoms with Gasteiger partial charge >= 0.3 is 0 Å². The summed E-state index contributed by atoms with van der Waals surface area (Å²) in [5, 5.41) is 14.6. The molecular formula is C12H11N3O2. The molecule has 5 nitrogen and oxygen atoms in total. The Morgan fingerprint density at radius 2 is 2.24 bits per heavy atom. The number of phenols is 1. The molecule has 0 aliphatic heterocycles. The number of nitrogen functional groups attached to an aromatic ring is 1. The minimum atomic E-state index is 0.243. The second kappa shape index (κ2) is 3.28. The maximum Gasteiger partial charge on any atom is 0.222 e. The van der Waals surface area contributed by atoms with E-state index in [4.69, 9.17) is 10.3 Å². The number of hydrogen-bond donors (Lipinski definition) is 2. The lowest BCUT2D eigenvalue weighted by Crippen LogP contribution is -1.83. The Morgan fingerprint density at radius 1 is 1.41 bits per heavy atom. The molecule has 0 aliphatic carbocycles. The minimum absolute atomic E-state index is 0.243. The fraction of sp³-hybridized carbons (Fsp3) is 0.0833. The van der Waals surface area contributed by atoms with Crippen molar-refractivity contribution >= 4 is 16.8 Å². The molecule has 0 saturated heterocycles. The number of nitrogens with two attached hydrogens (primary N) is 1. The highest BCUT2D eigenvalue weighted by Gasteiger charge is 2.14. The number of nitrogens with zero attached hydrogens (tertiary/aromatic N) is 2. The highest BCUT2D eigenvalue weighted by Crippen LogP contribution is 2.34. The van der Waals surface area contributed by atoms with Gasteiger partial charge in [0.15, 0.2) is 0 Å². The van der Waals surface area contributed by atoms with Crippen molar-refractivity contribution in [1.82, 2.24) is 9.72 Å². The number of fused-ring (bicyclic) bond motifs is 1. The smallest absolute Gasteiger partial charge is 0.222 e. The Balaban J connectivity index is 2.35. The zero-order valence-electron chi connectivity index (χ0n) is 9.21. The van der Waals surface area contributed by atoms with E-state index in [0.29, 0.717) is 5.69 Å². The molecule has 86 valence electrons. The van der Waals surface area contributed by atoms with Crippen molar-refractivity contribution in [1.29, 1.82) is 0 Å². The van der Waals surface area contributed by atoms with Crippen molar-refractivity contribution in [2.45, 2.75) is 0 Å². The average molecular weight is 229 g/mol. The molecule has 0 atom stereocenters. The van der Waals surface area contributed by atoms with Gasteiger partial charge in [0.25, 0.3) is 0 Å². The normalized spacial score (nSPS) is 11.1. The molecule has 0 spiro atoms. The number of aromatic hydroxyl groups is 1. The van der Waals surface area contributed by atoms with E-state index in [1.165, 1.54) is 0 Å². The van der Waals surface area contributed by atoms with Gasteiger partial charge in [0.05, 0.1) is 5.52 Å². The van der Waals surface area contributed by atoms with E-state index in [2.05, 4.69) is 5.16 Å². The van der Waals surface area contributed by atoms with Gasteiger partial charge in [0, 0.05) is 30.3 Å². The van der Waals surface area contributed by atoms with Crippen LogP contribution in [0.5, 0.6) is 5.75 Å². The zero-order valence-corrected chi connectivity index (χ0v) is 9.21. The lowest BCUT2D eigenvalue weighted by molar-refractivity contribution is 0.439. The predicted octanol–water partition coefficient (Wildman–Crippen LogP) is 2.12. The first-order valence-corrected chi connectivity index (χ1v) is 5.16. The lowest BCUT2D eigenvalue weighted by atomic mass is 10.1. The summed E-state index contributed by atoms with van der Waals surface area (Å²) in [7, 11) is 1.87. The number of phenolic OH excluding ortho intramolecular Hbond substituents is 1. The largest absolute Gasteiger partial charge is 0.506 e. The van der Waals surface area contributed by atoms with Gasteiger partial charge in [-0.3, -0.25) is 0 Å². The number of aromatic nitrogens is 2. The Morgan fingerprint density at radius 3 is 2.94 bits per heavy atom. The van der Waals surface area contributed by atoms with Crippen LogP contribution >= 0.6 is 0 Å². The Labute approximate surface area is 97.1 Å². The summed E-state index contributed by atoms with van der Waals surface area (Å²) >= 11 is 0. The summed E-state index contributed by atoms with van der Waals surface area (Å²) in [6, 6.07) is 7.04. The topological polar surface area (TPSA) is 77.2 Å². The molecule has 3 N–H and O–H groups in total. The van der Waals surface area contributed by atoms with Crippen molar-refractivity contribution in [3.8, 4) is 17.0 Å². The van der Waals surface area contributed by atoms with E-state index in [-0.39, 0.29) is 11.6 Å². The van der Waals surface area contributed by atoms with Crippen LogP contribution in [0, 0.1) is 0 Å². The number of rotatable bonds is 1. The molecule has 3 aromatic rings. The monoisotopic (exact) mass is 229 g/mol. The van der Waals surface area contributed by atoms with Gasteiger partial charge in [0.1, 0.15) is 11.4 Å². The second-order valence-electron chi connectivity index (χ2n) is 3.94. The fourth-order valence-corrected chi connectivity index (χ4v) is 2.07. The van der Waals surface area contributed by atoms with Crippen LogP contribution in [-0.4, -0.2) is 14.8 Å². The molecule has 5 heteroatoms. The standard InChI is InChI=1S/C12H11N3O2/c1-15-6-8(9-5-11(13)17-14-9)7-3-2-4-10(16)12(7)15/h2-6,16H,13H2,1H3. The number of para-hydroxylation sites is 1. The summed E-state index contributed by atoms with van der Waals surface area (Å²) in [6.45, 7) is 0. The van der Waals surface area contributed by atoms with Gasteiger partial charge in [-0.25, -0.2) is 0 Å². The van der Waals surface area contributed by atoms with Crippen LogP contribution in [-0.2, 0) is 7.05 Å². The molecule has 1 aromatic carbocycles. The molecule has 2 aromatic heterocycles. The molecule has 2 heterocycles. The van der Waals surface area contributed by atoms with Crippen molar-refractivity contribution in [2.75, 3.05) is 5.73 Å². The minimum Gasteiger partial charge on any atom is -0.506 e. The molecule has 0 radical (unpaired) electrons. The fourth-order valence-electron chi connectivity index (χ4n) is 2.07. The van der Waals surface area contributed by atoms with Crippen LogP contribution in [0.3, 0.4) is 0 Å². The van der Waals surface area contributed by atoms with E-state index in [1.54, 1.807) is 18.2 Å². The highest BCUT2D eigenvalue weighted by atomic mass is 16.5. The molecule has 17 heavy (non-hydrogen) atoms. The summed E-state index contributed by atoms with van der Waals surface area (Å²) in [5.74, 6) is 0.518. The third-order valence-electron chi connectivity index (χ3n) is 2.78. The number of hydrogen-bond acceptors (Lipinski definition) is 4. The first-order valence-electron chi connectivity index (χ1n) is 5.16. The predicted molar refractivity (Wildman–Crippen MR) is 64.5 cm³/mol. The lowest BCUT2D eigenvalue weighted by Gasteiger charge is -1.98. The maximum absolute atomic E-state index is 9.83. The number of aryl methyl sites for hydroxylation is 1. The van der Waals surface area contributed by atoms with Crippen molar-refractivity contribution in [3.63, 3.8) is 0 Å². The van der Waals surface area contributed by atoms with E-state index < -0.39 is 0 Å². The Kier molecular flexibility index (Phi) is 1.89. The van der Waals surface area contributed by atoms with Gasteiger partial charge < -0.3 is 19.9 Å². The quantitative estimate of drug-likeness (QED) is 0.670. The van der Waals surface area contributed by atoms with E-state index in [1.807, 2.05) is 23.9 Å². The van der Waals surface area contributed by atoms with Crippen molar-refractivity contribution < 1.29 is 9.63 Å². The average Bonchev–Trinajstić information content (AvgIpc) is 2.84. The molecule has 0 amide bonds. The molecule has 0 bridgehead atoms. The molecule has 0 unspecified atom stereocenters. The molecule has 0 fully saturated rings. The van der Waals surface area contributed by atoms with Gasteiger partial charge in [-0.15, -0.1) is 0 Å². The Hall–Kier alpha value is -2.43. The summed E-state index contributed by atoms with van der Waals surface area (Å²) < 4.78 is 6.72. The van der Waals surface area contributed by atoms with Gasteiger partial charge in [0.2, 0.25) is 5.88 Å². The van der Waals surface area contributed by atoms with Crippen LogP contribution in [0.15, 0.2) is 35.0 Å². The van der Waals surface area contributed by atoms with E-state index >= 15 is 0 Å². The molecular weight excluding hydrogens is 218 g/mol. The number of benzene rings is 1. The highest BCUT2D eigenvalue weighted by molar-refractivity contribution is 5.98. The zero-order chi connectivity index (χ0) is 12.0. The summed E-state index contributed by atoms with van der Waals surface area (Å²) in [5.41, 5.74) is 7.83. The first kappa shape index (κ1) is 9.77. The second-order valence-corrected chi connectivity index (χ2v) is 3.94. The molecule has 3 rings (SSSR count).